The lowest BCUT2D eigenvalue weighted by Gasteiger charge is -2.12. The summed E-state index contributed by atoms with van der Waals surface area (Å²) in [6.45, 7) is 6.06. The molecule has 0 aliphatic carbocycles. The van der Waals surface area contributed by atoms with Crippen LogP contribution in [0.3, 0.4) is 0 Å². The van der Waals surface area contributed by atoms with Crippen molar-refractivity contribution in [2.24, 2.45) is 0 Å². The molecule has 0 unspecified atom stereocenters. The van der Waals surface area contributed by atoms with Crippen LogP contribution in [0.2, 0.25) is 5.02 Å². The summed E-state index contributed by atoms with van der Waals surface area (Å²) in [5, 5.41) is 15.0. The van der Waals surface area contributed by atoms with Gasteiger partial charge in [-0.3, -0.25) is 0 Å². The lowest BCUT2D eigenvalue weighted by atomic mass is 10.1. The van der Waals surface area contributed by atoms with Gasteiger partial charge in [-0.25, -0.2) is 0 Å². The van der Waals surface area contributed by atoms with E-state index in [0.29, 0.717) is 16.8 Å². The van der Waals surface area contributed by atoms with Crippen LogP contribution in [0.4, 0.5) is 23.1 Å². The van der Waals surface area contributed by atoms with Gasteiger partial charge in [-0.05, 0) is 50.1 Å². The minimum atomic E-state index is 0.421. The molecule has 3 aromatic rings. The second-order valence-electron chi connectivity index (χ2n) is 5.72. The molecular weight excluding hydrogens is 322 g/mol. The molecule has 6 heteroatoms. The highest BCUT2D eigenvalue weighted by atomic mass is 35.5. The summed E-state index contributed by atoms with van der Waals surface area (Å²) in [5.41, 5.74) is 5.09. The van der Waals surface area contributed by atoms with E-state index < -0.39 is 0 Å². The van der Waals surface area contributed by atoms with Crippen molar-refractivity contribution in [1.82, 2.24) is 15.2 Å². The Morgan fingerprint density at radius 3 is 2.38 bits per heavy atom. The molecule has 24 heavy (non-hydrogen) atoms. The molecule has 122 valence electrons. The maximum Gasteiger partial charge on any atom is 0.249 e. The van der Waals surface area contributed by atoms with Gasteiger partial charge in [0.2, 0.25) is 5.95 Å². The molecule has 0 fully saturated rings. The topological polar surface area (TPSA) is 62.7 Å². The quantitative estimate of drug-likeness (QED) is 0.705. The molecule has 5 nitrogen and oxygen atoms in total. The molecule has 0 atom stereocenters. The van der Waals surface area contributed by atoms with E-state index in [2.05, 4.69) is 31.9 Å². The molecular formula is C18H18ClN5. The molecule has 1 aromatic heterocycles. The molecule has 0 spiro atoms. The fraction of sp³-hybridized carbons (Fsp3) is 0.167. The van der Waals surface area contributed by atoms with E-state index in [1.165, 1.54) is 5.56 Å². The van der Waals surface area contributed by atoms with E-state index in [-0.39, 0.29) is 0 Å². The Labute approximate surface area is 146 Å². The van der Waals surface area contributed by atoms with Crippen LogP contribution in [-0.4, -0.2) is 15.2 Å². The molecule has 0 bridgehead atoms. The number of benzene rings is 2. The van der Waals surface area contributed by atoms with Gasteiger partial charge in [0, 0.05) is 5.69 Å². The standard InChI is InChI=1S/C18H18ClN5/c1-11-4-6-14(7-5-11)21-18-23-16(10-20-24-18)22-17-13(3)8-12(2)9-15(17)19/h4-10H,1-3H3,(H2,21,22,23,24). The third kappa shape index (κ3) is 3.81. The first-order valence-electron chi connectivity index (χ1n) is 7.58. The normalized spacial score (nSPS) is 10.5. The predicted molar refractivity (Wildman–Crippen MR) is 98.5 cm³/mol. The number of nitrogens with one attached hydrogen (secondary N) is 2. The van der Waals surface area contributed by atoms with Crippen LogP contribution in [-0.2, 0) is 0 Å². The maximum absolute atomic E-state index is 6.33. The Hall–Kier alpha value is -2.66. The van der Waals surface area contributed by atoms with Crippen molar-refractivity contribution in [3.05, 3.63) is 64.3 Å². The fourth-order valence-electron chi connectivity index (χ4n) is 2.38. The zero-order chi connectivity index (χ0) is 17.1. The summed E-state index contributed by atoms with van der Waals surface area (Å²) in [4.78, 5) is 4.44. The molecule has 1 heterocycles. The van der Waals surface area contributed by atoms with Crippen LogP contribution in [0.25, 0.3) is 0 Å². The number of hydrogen-bond donors (Lipinski definition) is 2. The largest absolute Gasteiger partial charge is 0.337 e. The number of halogens is 1. The van der Waals surface area contributed by atoms with Crippen molar-refractivity contribution in [1.29, 1.82) is 0 Å². The molecule has 0 saturated heterocycles. The Balaban J connectivity index is 1.82. The van der Waals surface area contributed by atoms with Gasteiger partial charge in [-0.2, -0.15) is 10.1 Å². The third-order valence-corrected chi connectivity index (χ3v) is 3.85. The summed E-state index contributed by atoms with van der Waals surface area (Å²) >= 11 is 6.33. The van der Waals surface area contributed by atoms with Gasteiger partial charge in [0.05, 0.1) is 16.9 Å². The monoisotopic (exact) mass is 339 g/mol. The number of anilines is 4. The third-order valence-electron chi connectivity index (χ3n) is 3.55. The molecule has 3 rings (SSSR count). The van der Waals surface area contributed by atoms with E-state index in [9.17, 15) is 0 Å². The van der Waals surface area contributed by atoms with E-state index in [4.69, 9.17) is 11.6 Å². The van der Waals surface area contributed by atoms with Crippen LogP contribution in [0, 0.1) is 20.8 Å². The Morgan fingerprint density at radius 2 is 1.67 bits per heavy atom. The first-order valence-corrected chi connectivity index (χ1v) is 7.96. The van der Waals surface area contributed by atoms with Gasteiger partial charge in [-0.1, -0.05) is 35.4 Å². The minimum absolute atomic E-state index is 0.421. The lowest BCUT2D eigenvalue weighted by Crippen LogP contribution is -2.03. The van der Waals surface area contributed by atoms with Crippen LogP contribution >= 0.6 is 11.6 Å². The zero-order valence-corrected chi connectivity index (χ0v) is 14.5. The van der Waals surface area contributed by atoms with Crippen LogP contribution in [0.15, 0.2) is 42.6 Å². The summed E-state index contributed by atoms with van der Waals surface area (Å²) in [6.07, 6.45) is 1.57. The van der Waals surface area contributed by atoms with E-state index >= 15 is 0 Å². The van der Waals surface area contributed by atoms with Crippen molar-refractivity contribution < 1.29 is 0 Å². The molecule has 0 saturated carbocycles. The van der Waals surface area contributed by atoms with Crippen molar-refractivity contribution in [2.75, 3.05) is 10.6 Å². The Kier molecular flexibility index (Phi) is 4.62. The molecule has 2 N–H and O–H groups in total. The maximum atomic E-state index is 6.33. The summed E-state index contributed by atoms with van der Waals surface area (Å²) in [5.74, 6) is 0.998. The molecule has 0 radical (unpaired) electrons. The SMILES string of the molecule is Cc1ccc(Nc2nncc(Nc3c(C)cc(C)cc3Cl)n2)cc1. The molecule has 0 aliphatic rings. The van der Waals surface area contributed by atoms with Gasteiger partial charge in [0.25, 0.3) is 0 Å². The van der Waals surface area contributed by atoms with E-state index in [1.807, 2.05) is 51.1 Å². The minimum Gasteiger partial charge on any atom is -0.337 e. The highest BCUT2D eigenvalue weighted by Crippen LogP contribution is 2.29. The van der Waals surface area contributed by atoms with Crippen LogP contribution in [0.1, 0.15) is 16.7 Å². The second-order valence-corrected chi connectivity index (χ2v) is 6.13. The second kappa shape index (κ2) is 6.84. The van der Waals surface area contributed by atoms with Crippen LogP contribution in [0.5, 0.6) is 0 Å². The summed E-state index contributed by atoms with van der Waals surface area (Å²) < 4.78 is 0. The molecule has 0 amide bonds. The number of hydrogen-bond acceptors (Lipinski definition) is 5. The number of aryl methyl sites for hydroxylation is 3. The van der Waals surface area contributed by atoms with E-state index in [0.717, 1.165) is 22.5 Å². The number of nitrogens with zero attached hydrogens (tertiary/aromatic N) is 3. The fourth-order valence-corrected chi connectivity index (χ4v) is 2.75. The first-order chi connectivity index (χ1) is 11.5. The van der Waals surface area contributed by atoms with Crippen molar-refractivity contribution in [3.63, 3.8) is 0 Å². The summed E-state index contributed by atoms with van der Waals surface area (Å²) in [7, 11) is 0. The van der Waals surface area contributed by atoms with E-state index in [1.54, 1.807) is 6.20 Å². The summed E-state index contributed by atoms with van der Waals surface area (Å²) in [6, 6.07) is 12.0. The van der Waals surface area contributed by atoms with Gasteiger partial charge >= 0.3 is 0 Å². The van der Waals surface area contributed by atoms with Crippen LogP contribution < -0.4 is 10.6 Å². The average molecular weight is 340 g/mol. The highest BCUT2D eigenvalue weighted by molar-refractivity contribution is 6.33. The van der Waals surface area contributed by atoms with Crippen molar-refractivity contribution >= 4 is 34.7 Å². The van der Waals surface area contributed by atoms with Crippen molar-refractivity contribution in [2.45, 2.75) is 20.8 Å². The highest BCUT2D eigenvalue weighted by Gasteiger charge is 2.08. The predicted octanol–water partition coefficient (Wildman–Crippen LogP) is 4.94. The van der Waals surface area contributed by atoms with Gasteiger partial charge in [0.1, 0.15) is 0 Å². The number of aromatic nitrogens is 3. The molecule has 0 aliphatic heterocycles. The van der Waals surface area contributed by atoms with Gasteiger partial charge in [-0.15, -0.1) is 5.10 Å². The Bertz CT molecular complexity index is 839. The van der Waals surface area contributed by atoms with Crippen molar-refractivity contribution in [3.8, 4) is 0 Å². The lowest BCUT2D eigenvalue weighted by molar-refractivity contribution is 0.982. The first kappa shape index (κ1) is 16.2. The smallest absolute Gasteiger partial charge is 0.249 e. The average Bonchev–Trinajstić information content (AvgIpc) is 2.53. The zero-order valence-electron chi connectivity index (χ0n) is 13.8. The van der Waals surface area contributed by atoms with Gasteiger partial charge in [0.15, 0.2) is 5.82 Å². The Morgan fingerprint density at radius 1 is 0.917 bits per heavy atom. The molecule has 2 aromatic carbocycles. The number of rotatable bonds is 4. The van der Waals surface area contributed by atoms with Gasteiger partial charge < -0.3 is 10.6 Å².